The van der Waals surface area contributed by atoms with Crippen molar-refractivity contribution in [1.82, 2.24) is 5.32 Å². The second kappa shape index (κ2) is 7.57. The predicted octanol–water partition coefficient (Wildman–Crippen LogP) is 2.14. The summed E-state index contributed by atoms with van der Waals surface area (Å²) in [5.74, 6) is -0.485. The SMILES string of the molecule is CC1=C[C@H]2/C=C(\C)CC[C@@H](O)[C@@H](O)[C@@H]3O[C@@H]3C(=O)[C@]23C(=O)N[C@@H](CC(C)C)[C@@H]3[C@@H]1C. The van der Waals surface area contributed by atoms with E-state index >= 15 is 0 Å². The van der Waals surface area contributed by atoms with E-state index in [4.69, 9.17) is 4.74 Å². The lowest BCUT2D eigenvalue weighted by Crippen LogP contribution is -2.54. The van der Waals surface area contributed by atoms with Gasteiger partial charge in [0.15, 0.2) is 5.78 Å². The maximum Gasteiger partial charge on any atom is 0.235 e. The largest absolute Gasteiger partial charge is 0.390 e. The van der Waals surface area contributed by atoms with Crippen molar-refractivity contribution in [3.8, 4) is 0 Å². The van der Waals surface area contributed by atoms with Gasteiger partial charge in [-0.2, -0.15) is 0 Å². The Bertz CT molecular complexity index is 801. The molecule has 2 aliphatic heterocycles. The Morgan fingerprint density at radius 3 is 2.60 bits per heavy atom. The number of allylic oxidation sites excluding steroid dienone is 4. The highest BCUT2D eigenvalue weighted by molar-refractivity contribution is 6.12. The molecule has 2 fully saturated rings. The molecule has 1 amide bonds. The van der Waals surface area contributed by atoms with Crippen molar-refractivity contribution < 1.29 is 24.5 Å². The summed E-state index contributed by atoms with van der Waals surface area (Å²) in [5, 5.41) is 24.0. The minimum Gasteiger partial charge on any atom is -0.390 e. The maximum atomic E-state index is 14.0. The van der Waals surface area contributed by atoms with Crippen molar-refractivity contribution in [3.63, 3.8) is 0 Å². The molecule has 3 N–H and O–H groups in total. The number of hydrogen-bond acceptors (Lipinski definition) is 5. The number of aliphatic hydroxyl groups excluding tert-OH is 2. The summed E-state index contributed by atoms with van der Waals surface area (Å²) in [7, 11) is 0. The molecule has 4 rings (SSSR count). The van der Waals surface area contributed by atoms with Crippen molar-refractivity contribution >= 4 is 11.7 Å². The van der Waals surface area contributed by atoms with Gasteiger partial charge >= 0.3 is 0 Å². The Morgan fingerprint density at radius 1 is 1.23 bits per heavy atom. The summed E-state index contributed by atoms with van der Waals surface area (Å²) in [6.07, 6.45) is 2.29. The first-order valence-corrected chi connectivity index (χ1v) is 11.3. The Hall–Kier alpha value is -1.50. The van der Waals surface area contributed by atoms with Crippen LogP contribution in [0.4, 0.5) is 0 Å². The monoisotopic (exact) mass is 417 g/mol. The molecule has 6 heteroatoms. The van der Waals surface area contributed by atoms with E-state index < -0.39 is 29.8 Å². The maximum absolute atomic E-state index is 14.0. The number of aliphatic hydroxyl groups is 2. The van der Waals surface area contributed by atoms with Crippen molar-refractivity contribution in [2.24, 2.45) is 29.1 Å². The van der Waals surface area contributed by atoms with Crippen molar-refractivity contribution in [2.75, 3.05) is 0 Å². The van der Waals surface area contributed by atoms with E-state index in [0.29, 0.717) is 18.8 Å². The average molecular weight is 418 g/mol. The van der Waals surface area contributed by atoms with Gasteiger partial charge in [-0.25, -0.2) is 0 Å². The van der Waals surface area contributed by atoms with Gasteiger partial charge in [-0.15, -0.1) is 0 Å². The van der Waals surface area contributed by atoms with E-state index in [2.05, 4.69) is 39.1 Å². The van der Waals surface area contributed by atoms with Gasteiger partial charge in [0.25, 0.3) is 0 Å². The fourth-order valence-corrected chi connectivity index (χ4v) is 6.13. The molecule has 2 heterocycles. The van der Waals surface area contributed by atoms with Gasteiger partial charge in [0.2, 0.25) is 5.91 Å². The zero-order valence-corrected chi connectivity index (χ0v) is 18.6. The number of carbonyl (C=O) groups excluding carboxylic acids is 2. The van der Waals surface area contributed by atoms with E-state index in [1.165, 1.54) is 5.57 Å². The van der Waals surface area contributed by atoms with Crippen molar-refractivity contribution in [1.29, 1.82) is 0 Å². The molecule has 2 aliphatic carbocycles. The molecular weight excluding hydrogens is 382 g/mol. The number of ketones is 1. The fraction of sp³-hybridized carbons (Fsp3) is 0.750. The van der Waals surface area contributed by atoms with Gasteiger partial charge in [-0.1, -0.05) is 44.1 Å². The molecule has 0 saturated carbocycles. The van der Waals surface area contributed by atoms with Crippen molar-refractivity contribution in [3.05, 3.63) is 23.3 Å². The summed E-state index contributed by atoms with van der Waals surface area (Å²) < 4.78 is 5.61. The van der Waals surface area contributed by atoms with Crippen LogP contribution in [0.3, 0.4) is 0 Å². The van der Waals surface area contributed by atoms with Crippen LogP contribution in [0.2, 0.25) is 0 Å². The van der Waals surface area contributed by atoms with Gasteiger partial charge in [0.1, 0.15) is 23.7 Å². The highest BCUT2D eigenvalue weighted by atomic mass is 16.6. The van der Waals surface area contributed by atoms with E-state index in [9.17, 15) is 19.8 Å². The van der Waals surface area contributed by atoms with Crippen LogP contribution in [-0.4, -0.2) is 52.4 Å². The minimum absolute atomic E-state index is 0.0749. The third kappa shape index (κ3) is 3.19. The van der Waals surface area contributed by atoms with Crippen LogP contribution >= 0.6 is 0 Å². The molecule has 2 saturated heterocycles. The Morgan fingerprint density at radius 2 is 1.93 bits per heavy atom. The topological polar surface area (TPSA) is 99.2 Å². The minimum atomic E-state index is -1.23. The summed E-state index contributed by atoms with van der Waals surface area (Å²) >= 11 is 0. The van der Waals surface area contributed by atoms with Gasteiger partial charge in [-0.3, -0.25) is 9.59 Å². The third-order valence-corrected chi connectivity index (χ3v) is 7.82. The number of Topliss-reactive ketones (excluding diaryl/α,β-unsaturated/α-hetero) is 1. The molecule has 0 aromatic rings. The molecule has 9 atom stereocenters. The Kier molecular flexibility index (Phi) is 5.48. The van der Waals surface area contributed by atoms with E-state index in [1.807, 2.05) is 13.0 Å². The highest BCUT2D eigenvalue weighted by Gasteiger charge is 2.70. The predicted molar refractivity (Wildman–Crippen MR) is 112 cm³/mol. The zero-order chi connectivity index (χ0) is 22.0. The van der Waals surface area contributed by atoms with Crippen LogP contribution in [0.5, 0.6) is 0 Å². The highest BCUT2D eigenvalue weighted by Crippen LogP contribution is 2.57. The van der Waals surface area contributed by atoms with Crippen LogP contribution in [0, 0.1) is 29.1 Å². The van der Waals surface area contributed by atoms with Crippen molar-refractivity contribution in [2.45, 2.75) is 84.3 Å². The van der Waals surface area contributed by atoms with Gasteiger partial charge in [-0.05, 0) is 44.9 Å². The fourth-order valence-electron chi connectivity index (χ4n) is 6.13. The van der Waals surface area contributed by atoms with Gasteiger partial charge in [0.05, 0.1) is 6.10 Å². The van der Waals surface area contributed by atoms with Crippen LogP contribution in [0.1, 0.15) is 53.9 Å². The van der Waals surface area contributed by atoms with Gasteiger partial charge < -0.3 is 20.3 Å². The number of nitrogens with one attached hydrogen (secondary N) is 1. The lowest BCUT2D eigenvalue weighted by molar-refractivity contribution is -0.146. The van der Waals surface area contributed by atoms with Crippen LogP contribution < -0.4 is 5.32 Å². The molecule has 0 radical (unpaired) electrons. The number of rotatable bonds is 2. The lowest BCUT2D eigenvalue weighted by atomic mass is 9.54. The van der Waals surface area contributed by atoms with E-state index in [-0.39, 0.29) is 35.5 Å². The number of carbonyl (C=O) groups is 2. The van der Waals surface area contributed by atoms with Gasteiger partial charge in [0, 0.05) is 17.9 Å². The number of ether oxygens (including phenoxy) is 1. The summed E-state index contributed by atoms with van der Waals surface area (Å²) in [6, 6.07) is -0.0749. The molecule has 166 valence electrons. The number of hydrogen-bond donors (Lipinski definition) is 3. The lowest BCUT2D eigenvalue weighted by Gasteiger charge is -2.44. The van der Waals surface area contributed by atoms with Crippen LogP contribution in [0.25, 0.3) is 0 Å². The molecule has 4 aliphatic rings. The van der Waals surface area contributed by atoms with E-state index in [1.54, 1.807) is 0 Å². The Balaban J connectivity index is 1.87. The molecule has 0 aromatic carbocycles. The van der Waals surface area contributed by atoms with Crippen LogP contribution in [-0.2, 0) is 14.3 Å². The second-order valence-electron chi connectivity index (χ2n) is 10.3. The summed E-state index contributed by atoms with van der Waals surface area (Å²) in [6.45, 7) is 10.4. The number of fused-ring (bicyclic) bond motifs is 1. The molecule has 30 heavy (non-hydrogen) atoms. The molecule has 6 nitrogen and oxygen atoms in total. The summed E-state index contributed by atoms with van der Waals surface area (Å²) in [5.41, 5.74) is 0.993. The molecule has 1 spiro atoms. The average Bonchev–Trinajstić information content (AvgIpc) is 3.41. The number of epoxide rings is 1. The standard InChI is InChI=1S/C24H35NO5/c1-11(2)8-16-18-14(5)13(4)10-15-9-12(3)6-7-17(26)19(27)20-21(30-20)22(28)24(15,18)23(29)25-16/h9-11,14-21,26-27H,6-8H2,1-5H3,(H,25,29)/b12-9+/t14-,15-,16+,17-,18+,19-,20+,21+,24+/m1/s1. The molecule has 0 unspecified atom stereocenters. The zero-order valence-electron chi connectivity index (χ0n) is 18.6. The second-order valence-corrected chi connectivity index (χ2v) is 10.3. The first-order valence-electron chi connectivity index (χ1n) is 11.3. The molecule has 0 bridgehead atoms. The Labute approximate surface area is 178 Å². The smallest absolute Gasteiger partial charge is 0.235 e. The third-order valence-electron chi connectivity index (χ3n) is 7.82. The quantitative estimate of drug-likeness (QED) is 0.363. The summed E-state index contributed by atoms with van der Waals surface area (Å²) in [4.78, 5) is 27.6. The number of amides is 1. The van der Waals surface area contributed by atoms with Crippen LogP contribution in [0.15, 0.2) is 23.3 Å². The molecule has 0 aromatic heterocycles. The first-order chi connectivity index (χ1) is 14.1. The normalized spacial score (nSPS) is 47.9. The first kappa shape index (κ1) is 21.7. The molecular formula is C24H35NO5. The van der Waals surface area contributed by atoms with E-state index in [0.717, 1.165) is 12.0 Å².